The van der Waals surface area contributed by atoms with Crippen LogP contribution in [0.5, 0.6) is 11.5 Å². The van der Waals surface area contributed by atoms with E-state index in [-0.39, 0.29) is 17.9 Å². The normalized spacial score (nSPS) is 11.7. The van der Waals surface area contributed by atoms with E-state index < -0.39 is 0 Å². The van der Waals surface area contributed by atoms with Crippen LogP contribution in [0.15, 0.2) is 78.9 Å². The van der Waals surface area contributed by atoms with Gasteiger partial charge in [0.05, 0.1) is 20.3 Å². The van der Waals surface area contributed by atoms with Crippen LogP contribution in [0.2, 0.25) is 0 Å². The molecular weight excluding hydrogens is 362 g/mol. The van der Waals surface area contributed by atoms with Gasteiger partial charge in [-0.05, 0) is 35.7 Å². The number of methoxy groups -OCH3 is 2. The Hall–Kier alpha value is -3.27. The van der Waals surface area contributed by atoms with Crippen molar-refractivity contribution >= 4 is 5.91 Å². The van der Waals surface area contributed by atoms with E-state index in [1.54, 1.807) is 14.2 Å². The Kier molecular flexibility index (Phi) is 6.90. The summed E-state index contributed by atoms with van der Waals surface area (Å²) in [4.78, 5) is 12.9. The molecule has 150 valence electrons. The zero-order valence-electron chi connectivity index (χ0n) is 17.1. The van der Waals surface area contributed by atoms with E-state index in [1.807, 2.05) is 61.5 Å². The molecule has 0 fully saturated rings. The summed E-state index contributed by atoms with van der Waals surface area (Å²) < 4.78 is 10.7. The van der Waals surface area contributed by atoms with E-state index in [0.29, 0.717) is 17.9 Å². The number of hydrogen-bond donors (Lipinski definition) is 1. The van der Waals surface area contributed by atoms with Crippen molar-refractivity contribution < 1.29 is 14.3 Å². The van der Waals surface area contributed by atoms with Gasteiger partial charge < -0.3 is 14.8 Å². The molecule has 0 aliphatic heterocycles. The summed E-state index contributed by atoms with van der Waals surface area (Å²) in [5.41, 5.74) is 3.23. The number of nitrogens with one attached hydrogen (secondary N) is 1. The summed E-state index contributed by atoms with van der Waals surface area (Å²) in [5, 5.41) is 3.12. The van der Waals surface area contributed by atoms with Crippen LogP contribution in [0.25, 0.3) is 0 Å². The van der Waals surface area contributed by atoms with Gasteiger partial charge in [-0.25, -0.2) is 0 Å². The molecule has 3 rings (SSSR count). The Labute approximate surface area is 172 Å². The molecule has 0 bridgehead atoms. The van der Waals surface area contributed by atoms with Crippen molar-refractivity contribution in [3.8, 4) is 11.5 Å². The molecule has 0 aromatic heterocycles. The number of amides is 1. The van der Waals surface area contributed by atoms with E-state index in [9.17, 15) is 4.79 Å². The van der Waals surface area contributed by atoms with Crippen molar-refractivity contribution in [1.29, 1.82) is 0 Å². The van der Waals surface area contributed by atoms with Gasteiger partial charge in [0.2, 0.25) is 5.91 Å². The van der Waals surface area contributed by atoms with Crippen molar-refractivity contribution in [2.24, 2.45) is 0 Å². The van der Waals surface area contributed by atoms with Crippen molar-refractivity contribution in [2.75, 3.05) is 14.2 Å². The van der Waals surface area contributed by atoms with Gasteiger partial charge >= 0.3 is 0 Å². The first-order valence-electron chi connectivity index (χ1n) is 9.73. The molecule has 3 aromatic carbocycles. The third-order valence-electron chi connectivity index (χ3n) is 5.08. The molecular formula is C25H27NO3. The van der Waals surface area contributed by atoms with Crippen LogP contribution in [-0.2, 0) is 4.79 Å². The minimum Gasteiger partial charge on any atom is -0.493 e. The lowest BCUT2D eigenvalue weighted by molar-refractivity contribution is -0.121. The third-order valence-corrected chi connectivity index (χ3v) is 5.08. The van der Waals surface area contributed by atoms with Crippen molar-refractivity contribution in [2.45, 2.75) is 25.3 Å². The predicted octanol–water partition coefficient (Wildman–Crippen LogP) is 5.10. The van der Waals surface area contributed by atoms with Crippen LogP contribution in [0, 0.1) is 0 Å². The van der Waals surface area contributed by atoms with E-state index in [4.69, 9.17) is 9.47 Å². The lowest BCUT2D eigenvalue weighted by Gasteiger charge is -2.21. The minimum atomic E-state index is -0.144. The molecule has 0 unspecified atom stereocenters. The average molecular weight is 389 g/mol. The number of carbonyl (C=O) groups is 1. The molecule has 0 saturated heterocycles. The van der Waals surface area contributed by atoms with Crippen molar-refractivity contribution in [3.05, 3.63) is 95.6 Å². The Morgan fingerprint density at radius 1 is 0.793 bits per heavy atom. The van der Waals surface area contributed by atoms with Crippen LogP contribution < -0.4 is 14.8 Å². The monoisotopic (exact) mass is 389 g/mol. The van der Waals surface area contributed by atoms with Gasteiger partial charge in [0, 0.05) is 12.3 Å². The summed E-state index contributed by atoms with van der Waals surface area (Å²) in [6.45, 7) is 1.97. The van der Waals surface area contributed by atoms with Gasteiger partial charge in [0.1, 0.15) is 0 Å². The van der Waals surface area contributed by atoms with Gasteiger partial charge in [-0.1, -0.05) is 66.7 Å². The average Bonchev–Trinajstić information content (AvgIpc) is 2.78. The number of benzene rings is 3. The van der Waals surface area contributed by atoms with E-state index in [1.165, 1.54) is 0 Å². The summed E-state index contributed by atoms with van der Waals surface area (Å²) in [6, 6.07) is 25.9. The Morgan fingerprint density at radius 2 is 1.34 bits per heavy atom. The van der Waals surface area contributed by atoms with Gasteiger partial charge in [0.15, 0.2) is 11.5 Å². The van der Waals surface area contributed by atoms with Crippen LogP contribution in [0.3, 0.4) is 0 Å². The highest BCUT2D eigenvalue weighted by Gasteiger charge is 2.20. The zero-order chi connectivity index (χ0) is 20.6. The maximum absolute atomic E-state index is 12.9. The number of rotatable bonds is 8. The lowest BCUT2D eigenvalue weighted by Crippen LogP contribution is -2.28. The minimum absolute atomic E-state index is 0.00462. The van der Waals surface area contributed by atoms with Gasteiger partial charge in [-0.2, -0.15) is 0 Å². The topological polar surface area (TPSA) is 47.6 Å². The van der Waals surface area contributed by atoms with Crippen molar-refractivity contribution in [1.82, 2.24) is 5.32 Å². The number of carbonyl (C=O) groups excluding carboxylic acids is 1. The van der Waals surface area contributed by atoms with E-state index in [2.05, 4.69) is 29.6 Å². The standard InChI is InChI=1S/C25H27NO3/c1-18(21-14-15-23(28-2)24(16-21)29-3)26-25(27)17-22(19-10-6-4-7-11-19)20-12-8-5-9-13-20/h4-16,18,22H,17H2,1-3H3,(H,26,27)/t18-/m0/s1. The highest BCUT2D eigenvalue weighted by Crippen LogP contribution is 2.31. The predicted molar refractivity (Wildman–Crippen MR) is 115 cm³/mol. The number of hydrogen-bond acceptors (Lipinski definition) is 3. The Balaban J connectivity index is 1.75. The molecule has 1 N–H and O–H groups in total. The first-order chi connectivity index (χ1) is 14.1. The zero-order valence-corrected chi connectivity index (χ0v) is 17.1. The van der Waals surface area contributed by atoms with E-state index in [0.717, 1.165) is 16.7 Å². The van der Waals surface area contributed by atoms with Gasteiger partial charge in [-0.15, -0.1) is 0 Å². The maximum Gasteiger partial charge on any atom is 0.221 e. The SMILES string of the molecule is COc1ccc([C@H](C)NC(=O)CC(c2ccccc2)c2ccccc2)cc1OC. The molecule has 0 radical (unpaired) electrons. The van der Waals surface area contributed by atoms with E-state index >= 15 is 0 Å². The first-order valence-corrected chi connectivity index (χ1v) is 9.73. The van der Waals surface area contributed by atoms with Crippen LogP contribution in [-0.4, -0.2) is 20.1 Å². The van der Waals surface area contributed by atoms with Crippen LogP contribution in [0.1, 0.15) is 42.0 Å². The maximum atomic E-state index is 12.9. The molecule has 1 atom stereocenters. The smallest absolute Gasteiger partial charge is 0.221 e. The summed E-state index contributed by atoms with van der Waals surface area (Å²) in [6.07, 6.45) is 0.381. The highest BCUT2D eigenvalue weighted by molar-refractivity contribution is 5.78. The second-order valence-electron chi connectivity index (χ2n) is 6.98. The fraction of sp³-hybridized carbons (Fsp3) is 0.240. The molecule has 1 amide bonds. The number of ether oxygens (including phenoxy) is 2. The van der Waals surface area contributed by atoms with Gasteiger partial charge in [-0.3, -0.25) is 4.79 Å². The molecule has 4 heteroatoms. The molecule has 0 aliphatic carbocycles. The lowest BCUT2D eigenvalue weighted by atomic mass is 9.88. The summed E-state index contributed by atoms with van der Waals surface area (Å²) >= 11 is 0. The first kappa shape index (κ1) is 20.5. The molecule has 29 heavy (non-hydrogen) atoms. The molecule has 0 heterocycles. The third kappa shape index (κ3) is 5.17. The van der Waals surface area contributed by atoms with Crippen LogP contribution in [0.4, 0.5) is 0 Å². The highest BCUT2D eigenvalue weighted by atomic mass is 16.5. The summed E-state index contributed by atoms with van der Waals surface area (Å²) in [5.74, 6) is 1.33. The Morgan fingerprint density at radius 3 is 1.86 bits per heavy atom. The molecule has 0 aliphatic rings. The Bertz CT molecular complexity index is 886. The molecule has 3 aromatic rings. The second kappa shape index (κ2) is 9.78. The summed E-state index contributed by atoms with van der Waals surface area (Å²) in [7, 11) is 3.21. The molecule has 0 saturated carbocycles. The molecule has 4 nitrogen and oxygen atoms in total. The second-order valence-corrected chi connectivity index (χ2v) is 6.98. The van der Waals surface area contributed by atoms with Gasteiger partial charge in [0.25, 0.3) is 0 Å². The quantitative estimate of drug-likeness (QED) is 0.583. The fourth-order valence-corrected chi connectivity index (χ4v) is 3.49. The molecule has 0 spiro atoms. The van der Waals surface area contributed by atoms with Crippen LogP contribution >= 0.6 is 0 Å². The fourth-order valence-electron chi connectivity index (χ4n) is 3.49. The van der Waals surface area contributed by atoms with Crippen molar-refractivity contribution in [3.63, 3.8) is 0 Å². The largest absolute Gasteiger partial charge is 0.493 e.